The highest BCUT2D eigenvalue weighted by Crippen LogP contribution is 2.00. The summed E-state index contributed by atoms with van der Waals surface area (Å²) in [5.74, 6) is 0. The van der Waals surface area contributed by atoms with Gasteiger partial charge in [0.2, 0.25) is 0 Å². The molecule has 10 heavy (non-hydrogen) atoms. The van der Waals surface area contributed by atoms with Gasteiger partial charge in [-0.2, -0.15) is 0 Å². The maximum Gasteiger partial charge on any atom is 0.0757 e. The predicted octanol–water partition coefficient (Wildman–Crippen LogP) is 2.50. The van der Waals surface area contributed by atoms with Crippen LogP contribution in [0.4, 0.5) is 0 Å². The minimum absolute atomic E-state index is 0.131. The largest absolute Gasteiger partial charge is 0.375 e. The molecule has 0 radical (unpaired) electrons. The van der Waals surface area contributed by atoms with Crippen molar-refractivity contribution in [3.8, 4) is 0 Å². The van der Waals surface area contributed by atoms with E-state index >= 15 is 0 Å². The van der Waals surface area contributed by atoms with Crippen molar-refractivity contribution in [2.75, 3.05) is 0 Å². The summed E-state index contributed by atoms with van der Waals surface area (Å²) in [6.45, 7) is 8.50. The van der Waals surface area contributed by atoms with Crippen molar-refractivity contribution in [1.82, 2.24) is 5.32 Å². The van der Waals surface area contributed by atoms with E-state index in [0.29, 0.717) is 0 Å². The molecule has 0 aliphatic rings. The van der Waals surface area contributed by atoms with Crippen LogP contribution in [0.5, 0.6) is 0 Å². The van der Waals surface area contributed by atoms with Gasteiger partial charge in [-0.3, -0.25) is 0 Å². The molecule has 0 unspecified atom stereocenters. The molecule has 0 fully saturated rings. The van der Waals surface area contributed by atoms with E-state index in [4.69, 9.17) is 12.2 Å². The zero-order chi connectivity index (χ0) is 8.20. The van der Waals surface area contributed by atoms with Crippen LogP contribution in [-0.4, -0.2) is 10.5 Å². The van der Waals surface area contributed by atoms with E-state index in [2.05, 4.69) is 33.0 Å². The van der Waals surface area contributed by atoms with Gasteiger partial charge < -0.3 is 5.32 Å². The molecule has 0 atom stereocenters. The van der Waals surface area contributed by atoms with Gasteiger partial charge in [0, 0.05) is 5.54 Å². The molecule has 0 bridgehead atoms. The average Bonchev–Trinajstić information content (AvgIpc) is 1.59. The molecule has 0 aliphatic carbocycles. The average molecular weight is 159 g/mol. The smallest absolute Gasteiger partial charge is 0.0757 e. The SMILES string of the molecule is CCCC(=S)NC(C)(C)C. The van der Waals surface area contributed by atoms with Gasteiger partial charge in [0.05, 0.1) is 4.99 Å². The Morgan fingerprint density at radius 3 is 2.20 bits per heavy atom. The summed E-state index contributed by atoms with van der Waals surface area (Å²) < 4.78 is 0. The molecule has 0 amide bonds. The molecule has 0 saturated heterocycles. The van der Waals surface area contributed by atoms with Crippen LogP contribution in [-0.2, 0) is 0 Å². The Labute approximate surface area is 69.2 Å². The zero-order valence-electron chi connectivity index (χ0n) is 7.32. The van der Waals surface area contributed by atoms with Crippen molar-refractivity contribution in [1.29, 1.82) is 0 Å². The molecule has 0 rings (SSSR count). The lowest BCUT2D eigenvalue weighted by Gasteiger charge is -2.22. The highest BCUT2D eigenvalue weighted by atomic mass is 32.1. The summed E-state index contributed by atoms with van der Waals surface area (Å²) in [4.78, 5) is 0.981. The standard InChI is InChI=1S/C8H17NS/c1-5-6-7(10)9-8(2,3)4/h5-6H2,1-4H3,(H,9,10). The Kier molecular flexibility index (Phi) is 3.87. The third kappa shape index (κ3) is 6.02. The fourth-order valence-corrected chi connectivity index (χ4v) is 1.22. The predicted molar refractivity (Wildman–Crippen MR) is 50.4 cm³/mol. The first kappa shape index (κ1) is 9.89. The second-order valence-corrected chi connectivity index (χ2v) is 4.04. The molecule has 0 heterocycles. The summed E-state index contributed by atoms with van der Waals surface area (Å²) in [6, 6.07) is 0. The lowest BCUT2D eigenvalue weighted by molar-refractivity contribution is 0.510. The number of rotatable bonds is 2. The maximum absolute atomic E-state index is 5.09. The second-order valence-electron chi connectivity index (χ2n) is 3.55. The molecule has 1 N–H and O–H groups in total. The number of nitrogens with one attached hydrogen (secondary N) is 1. The van der Waals surface area contributed by atoms with E-state index in [1.165, 1.54) is 0 Å². The minimum Gasteiger partial charge on any atom is -0.375 e. The first-order chi connectivity index (χ1) is 4.45. The quantitative estimate of drug-likeness (QED) is 0.621. The highest BCUT2D eigenvalue weighted by molar-refractivity contribution is 7.80. The summed E-state index contributed by atoms with van der Waals surface area (Å²) in [6.07, 6.45) is 2.13. The second kappa shape index (κ2) is 3.91. The fraction of sp³-hybridized carbons (Fsp3) is 0.875. The van der Waals surface area contributed by atoms with Gasteiger partial charge in [-0.1, -0.05) is 19.1 Å². The van der Waals surface area contributed by atoms with Gasteiger partial charge >= 0.3 is 0 Å². The van der Waals surface area contributed by atoms with Crippen molar-refractivity contribution in [2.45, 2.75) is 46.1 Å². The van der Waals surface area contributed by atoms with Crippen LogP contribution < -0.4 is 5.32 Å². The third-order valence-electron chi connectivity index (χ3n) is 0.991. The molecular weight excluding hydrogens is 142 g/mol. The lowest BCUT2D eigenvalue weighted by Crippen LogP contribution is -2.39. The Morgan fingerprint density at radius 2 is 1.90 bits per heavy atom. The van der Waals surface area contributed by atoms with Crippen LogP contribution in [0.15, 0.2) is 0 Å². The molecule has 0 aromatic rings. The fourth-order valence-electron chi connectivity index (χ4n) is 0.708. The summed E-state index contributed by atoms with van der Waals surface area (Å²) in [5.41, 5.74) is 0.131. The lowest BCUT2D eigenvalue weighted by atomic mass is 10.1. The van der Waals surface area contributed by atoms with E-state index in [1.807, 2.05) is 0 Å². The number of hydrogen-bond acceptors (Lipinski definition) is 1. The molecule has 0 saturated carbocycles. The van der Waals surface area contributed by atoms with Crippen LogP contribution in [0.1, 0.15) is 40.5 Å². The summed E-state index contributed by atoms with van der Waals surface area (Å²) in [5, 5.41) is 3.25. The monoisotopic (exact) mass is 159 g/mol. The van der Waals surface area contributed by atoms with E-state index in [0.717, 1.165) is 17.8 Å². The van der Waals surface area contributed by atoms with Crippen LogP contribution in [0, 0.1) is 0 Å². The molecule has 60 valence electrons. The van der Waals surface area contributed by atoms with Gasteiger partial charge in [-0.15, -0.1) is 0 Å². The van der Waals surface area contributed by atoms with Crippen molar-refractivity contribution in [3.63, 3.8) is 0 Å². The molecule has 1 nitrogen and oxygen atoms in total. The van der Waals surface area contributed by atoms with Crippen molar-refractivity contribution < 1.29 is 0 Å². The van der Waals surface area contributed by atoms with Crippen LogP contribution in [0.3, 0.4) is 0 Å². The summed E-state index contributed by atoms with van der Waals surface area (Å²) in [7, 11) is 0. The van der Waals surface area contributed by atoms with Crippen molar-refractivity contribution in [2.24, 2.45) is 0 Å². The van der Waals surface area contributed by atoms with Gasteiger partial charge in [0.25, 0.3) is 0 Å². The van der Waals surface area contributed by atoms with Crippen LogP contribution in [0.2, 0.25) is 0 Å². The maximum atomic E-state index is 5.09. The molecular formula is C8H17NS. The Bertz CT molecular complexity index is 113. The van der Waals surface area contributed by atoms with Gasteiger partial charge in [0.15, 0.2) is 0 Å². The normalized spacial score (nSPS) is 11.2. The van der Waals surface area contributed by atoms with Gasteiger partial charge in [-0.05, 0) is 33.6 Å². The van der Waals surface area contributed by atoms with E-state index in [9.17, 15) is 0 Å². The van der Waals surface area contributed by atoms with E-state index in [1.54, 1.807) is 0 Å². The molecule has 2 heteroatoms. The van der Waals surface area contributed by atoms with Crippen LogP contribution in [0.25, 0.3) is 0 Å². The zero-order valence-corrected chi connectivity index (χ0v) is 8.14. The Balaban J connectivity index is 3.58. The molecule has 0 aromatic carbocycles. The third-order valence-corrected chi connectivity index (χ3v) is 1.30. The summed E-state index contributed by atoms with van der Waals surface area (Å²) >= 11 is 5.09. The Morgan fingerprint density at radius 1 is 1.40 bits per heavy atom. The Hall–Kier alpha value is -0.110. The number of hydrogen-bond donors (Lipinski definition) is 1. The topological polar surface area (TPSA) is 12.0 Å². The van der Waals surface area contributed by atoms with E-state index in [-0.39, 0.29) is 5.54 Å². The minimum atomic E-state index is 0.131. The number of thiocarbonyl (C=S) groups is 1. The van der Waals surface area contributed by atoms with Crippen molar-refractivity contribution in [3.05, 3.63) is 0 Å². The van der Waals surface area contributed by atoms with E-state index < -0.39 is 0 Å². The van der Waals surface area contributed by atoms with Crippen LogP contribution >= 0.6 is 12.2 Å². The highest BCUT2D eigenvalue weighted by Gasteiger charge is 2.09. The van der Waals surface area contributed by atoms with Gasteiger partial charge in [0.1, 0.15) is 0 Å². The van der Waals surface area contributed by atoms with Gasteiger partial charge in [-0.25, -0.2) is 0 Å². The first-order valence-electron chi connectivity index (χ1n) is 3.76. The molecule has 0 aliphatic heterocycles. The first-order valence-corrected chi connectivity index (χ1v) is 4.17. The molecule has 0 spiro atoms. The van der Waals surface area contributed by atoms with Crippen molar-refractivity contribution >= 4 is 17.2 Å². The molecule has 0 aromatic heterocycles.